The first kappa shape index (κ1) is 14.5. The summed E-state index contributed by atoms with van der Waals surface area (Å²) in [6.07, 6.45) is 2.04. The van der Waals surface area contributed by atoms with E-state index < -0.39 is 0 Å². The summed E-state index contributed by atoms with van der Waals surface area (Å²) >= 11 is 0. The van der Waals surface area contributed by atoms with Crippen molar-refractivity contribution in [1.82, 2.24) is 10.2 Å². The highest BCUT2D eigenvalue weighted by molar-refractivity contribution is 5.94. The van der Waals surface area contributed by atoms with Gasteiger partial charge in [-0.2, -0.15) is 0 Å². The first-order valence-corrected chi connectivity index (χ1v) is 6.23. The van der Waals surface area contributed by atoms with E-state index in [0.717, 1.165) is 24.9 Å². The quantitative estimate of drug-likeness (QED) is 0.757. The maximum atomic E-state index is 11.8. The molecule has 0 fully saturated rings. The van der Waals surface area contributed by atoms with Crippen LogP contribution in [0.4, 0.5) is 0 Å². The van der Waals surface area contributed by atoms with E-state index in [1.807, 2.05) is 14.1 Å². The van der Waals surface area contributed by atoms with Crippen molar-refractivity contribution in [1.29, 1.82) is 0 Å². The van der Waals surface area contributed by atoms with Gasteiger partial charge in [-0.15, -0.1) is 0 Å². The van der Waals surface area contributed by atoms with Crippen molar-refractivity contribution < 1.29 is 9.90 Å². The molecule has 0 spiro atoms. The maximum Gasteiger partial charge on any atom is 0.251 e. The Bertz CT molecular complexity index is 403. The number of nitrogens with zero attached hydrogens (tertiary/aromatic N) is 1. The number of carbonyl (C=O) groups excluding carboxylic acids is 1. The second kappa shape index (κ2) is 7.01. The highest BCUT2D eigenvalue weighted by Crippen LogP contribution is 2.16. The Morgan fingerprint density at radius 1 is 1.33 bits per heavy atom. The fourth-order valence-electron chi connectivity index (χ4n) is 1.65. The van der Waals surface area contributed by atoms with E-state index in [1.165, 1.54) is 0 Å². The van der Waals surface area contributed by atoms with Crippen LogP contribution >= 0.6 is 0 Å². The molecule has 100 valence electrons. The normalized spacial score (nSPS) is 10.7. The summed E-state index contributed by atoms with van der Waals surface area (Å²) in [5.41, 5.74) is 1.31. The average Bonchev–Trinajstić information content (AvgIpc) is 2.31. The molecule has 0 heterocycles. The van der Waals surface area contributed by atoms with Crippen LogP contribution in [0.2, 0.25) is 0 Å². The zero-order chi connectivity index (χ0) is 13.5. The lowest BCUT2D eigenvalue weighted by Crippen LogP contribution is -2.25. The summed E-state index contributed by atoms with van der Waals surface area (Å²) in [4.78, 5) is 13.9. The van der Waals surface area contributed by atoms with Crippen LogP contribution in [0.3, 0.4) is 0 Å². The highest BCUT2D eigenvalue weighted by Gasteiger charge is 2.06. The fraction of sp³-hybridized carbons (Fsp3) is 0.500. The van der Waals surface area contributed by atoms with E-state index in [9.17, 15) is 9.90 Å². The summed E-state index contributed by atoms with van der Waals surface area (Å²) in [5, 5.41) is 12.3. The number of aromatic hydroxyl groups is 1. The number of amides is 1. The first-order valence-electron chi connectivity index (χ1n) is 6.23. The van der Waals surface area contributed by atoms with Gasteiger partial charge in [0.15, 0.2) is 0 Å². The molecule has 1 amide bonds. The third-order valence-electron chi connectivity index (χ3n) is 2.78. The summed E-state index contributed by atoms with van der Waals surface area (Å²) in [7, 11) is 4.08. The van der Waals surface area contributed by atoms with Crippen LogP contribution < -0.4 is 5.32 Å². The number of carbonyl (C=O) groups is 1. The van der Waals surface area contributed by atoms with Gasteiger partial charge < -0.3 is 15.3 Å². The van der Waals surface area contributed by atoms with E-state index in [0.29, 0.717) is 12.1 Å². The molecule has 0 radical (unpaired) electrons. The first-order chi connectivity index (χ1) is 8.50. The lowest BCUT2D eigenvalue weighted by molar-refractivity contribution is 0.0952. The number of benzene rings is 1. The van der Waals surface area contributed by atoms with Crippen LogP contribution in [0.25, 0.3) is 0 Å². The van der Waals surface area contributed by atoms with Gasteiger partial charge in [0.2, 0.25) is 0 Å². The van der Waals surface area contributed by atoms with Gasteiger partial charge in [0.05, 0.1) is 0 Å². The molecule has 0 atom stereocenters. The third kappa shape index (κ3) is 4.75. The second-order valence-electron chi connectivity index (χ2n) is 4.77. The number of hydrogen-bond acceptors (Lipinski definition) is 3. The van der Waals surface area contributed by atoms with Gasteiger partial charge in [0, 0.05) is 12.1 Å². The predicted molar refractivity (Wildman–Crippen MR) is 73.0 cm³/mol. The van der Waals surface area contributed by atoms with Crippen molar-refractivity contribution in [2.45, 2.75) is 19.8 Å². The van der Waals surface area contributed by atoms with Crippen LogP contribution in [-0.2, 0) is 0 Å². The predicted octanol–water partition coefficient (Wildman–Crippen LogP) is 1.77. The van der Waals surface area contributed by atoms with Gasteiger partial charge in [-0.3, -0.25) is 4.79 Å². The van der Waals surface area contributed by atoms with Gasteiger partial charge in [-0.05, 0) is 64.2 Å². The molecular weight excluding hydrogens is 228 g/mol. The molecule has 0 aliphatic carbocycles. The summed E-state index contributed by atoms with van der Waals surface area (Å²) < 4.78 is 0. The largest absolute Gasteiger partial charge is 0.508 e. The molecule has 4 nitrogen and oxygen atoms in total. The smallest absolute Gasteiger partial charge is 0.251 e. The minimum atomic E-state index is -0.0806. The van der Waals surface area contributed by atoms with Crippen molar-refractivity contribution in [3.8, 4) is 5.75 Å². The lowest BCUT2D eigenvalue weighted by Gasteiger charge is -2.09. The minimum Gasteiger partial charge on any atom is -0.508 e. The number of aryl methyl sites for hydroxylation is 1. The zero-order valence-corrected chi connectivity index (χ0v) is 11.4. The van der Waals surface area contributed by atoms with Gasteiger partial charge in [0.1, 0.15) is 5.75 Å². The Hall–Kier alpha value is -1.55. The van der Waals surface area contributed by atoms with Crippen LogP contribution in [0.1, 0.15) is 28.8 Å². The van der Waals surface area contributed by atoms with E-state index in [-0.39, 0.29) is 11.7 Å². The Labute approximate surface area is 109 Å². The summed E-state index contributed by atoms with van der Waals surface area (Å²) in [6.45, 7) is 3.50. The second-order valence-corrected chi connectivity index (χ2v) is 4.77. The van der Waals surface area contributed by atoms with Crippen molar-refractivity contribution >= 4 is 5.91 Å². The van der Waals surface area contributed by atoms with Crippen molar-refractivity contribution in [3.63, 3.8) is 0 Å². The molecule has 1 rings (SSSR count). The van der Waals surface area contributed by atoms with Gasteiger partial charge >= 0.3 is 0 Å². The monoisotopic (exact) mass is 250 g/mol. The molecule has 0 bridgehead atoms. The number of unbranched alkanes of at least 4 members (excludes halogenated alkanes) is 1. The van der Waals surface area contributed by atoms with Gasteiger partial charge in [0.25, 0.3) is 5.91 Å². The van der Waals surface area contributed by atoms with Gasteiger partial charge in [-0.25, -0.2) is 0 Å². The molecular formula is C14H22N2O2. The molecule has 18 heavy (non-hydrogen) atoms. The zero-order valence-electron chi connectivity index (χ0n) is 11.4. The molecule has 4 heteroatoms. The van der Waals surface area contributed by atoms with Gasteiger partial charge in [-0.1, -0.05) is 0 Å². The molecule has 1 aromatic carbocycles. The Morgan fingerprint density at radius 2 is 2.06 bits per heavy atom. The number of nitrogens with one attached hydrogen (secondary N) is 1. The number of rotatable bonds is 6. The molecule has 0 aromatic heterocycles. The van der Waals surface area contributed by atoms with Crippen LogP contribution in [0, 0.1) is 6.92 Å². The molecule has 2 N–H and O–H groups in total. The summed E-state index contributed by atoms with van der Waals surface area (Å²) in [6, 6.07) is 4.89. The molecule has 0 aliphatic heterocycles. The molecule has 1 aromatic rings. The molecule has 0 unspecified atom stereocenters. The standard InChI is InChI=1S/C14H22N2O2/c1-11-10-12(6-7-13(11)17)14(18)15-8-4-5-9-16(2)3/h6-7,10,17H,4-5,8-9H2,1-3H3,(H,15,18). The minimum absolute atomic E-state index is 0.0806. The topological polar surface area (TPSA) is 52.6 Å². The van der Waals surface area contributed by atoms with E-state index in [2.05, 4.69) is 10.2 Å². The number of phenols is 1. The lowest BCUT2D eigenvalue weighted by atomic mass is 10.1. The van der Waals surface area contributed by atoms with Crippen LogP contribution in [-0.4, -0.2) is 43.1 Å². The Kier molecular flexibility index (Phi) is 5.65. The SMILES string of the molecule is Cc1cc(C(=O)NCCCCN(C)C)ccc1O. The maximum absolute atomic E-state index is 11.8. The Balaban J connectivity index is 2.34. The van der Waals surface area contributed by atoms with E-state index >= 15 is 0 Å². The van der Waals surface area contributed by atoms with Crippen LogP contribution in [0.15, 0.2) is 18.2 Å². The van der Waals surface area contributed by atoms with Crippen molar-refractivity contribution in [3.05, 3.63) is 29.3 Å². The Morgan fingerprint density at radius 3 is 2.67 bits per heavy atom. The van der Waals surface area contributed by atoms with Crippen molar-refractivity contribution in [2.75, 3.05) is 27.2 Å². The third-order valence-corrected chi connectivity index (χ3v) is 2.78. The van der Waals surface area contributed by atoms with Crippen molar-refractivity contribution in [2.24, 2.45) is 0 Å². The van der Waals surface area contributed by atoms with E-state index in [4.69, 9.17) is 0 Å². The average molecular weight is 250 g/mol. The molecule has 0 aliphatic rings. The highest BCUT2D eigenvalue weighted by atomic mass is 16.3. The number of hydrogen-bond donors (Lipinski definition) is 2. The molecule has 0 saturated heterocycles. The van der Waals surface area contributed by atoms with E-state index in [1.54, 1.807) is 25.1 Å². The van der Waals surface area contributed by atoms with Crippen LogP contribution in [0.5, 0.6) is 5.75 Å². The fourth-order valence-corrected chi connectivity index (χ4v) is 1.65. The molecule has 0 saturated carbocycles. The number of phenolic OH excluding ortho intramolecular Hbond substituents is 1. The summed E-state index contributed by atoms with van der Waals surface area (Å²) in [5.74, 6) is 0.139.